The number of fused-ring (bicyclic) bond motifs is 1. The molecule has 1 N–H and O–H groups in total. The van der Waals surface area contributed by atoms with Crippen molar-refractivity contribution >= 4 is 40.6 Å². The number of carboxylic acids is 1. The number of hydrogen-bond acceptors (Lipinski definition) is 5. The minimum atomic E-state index is -1.33. The molecule has 0 radical (unpaired) electrons. The average Bonchev–Trinajstić information content (AvgIpc) is 3.13. The first-order valence-corrected chi connectivity index (χ1v) is 10.7. The van der Waals surface area contributed by atoms with Crippen molar-refractivity contribution in [1.29, 1.82) is 0 Å². The molecule has 6 heteroatoms. The quantitative estimate of drug-likeness (QED) is 0.289. The Morgan fingerprint density at radius 3 is 2.40 bits per heavy atom. The predicted molar refractivity (Wildman–Crippen MR) is 120 cm³/mol. The van der Waals surface area contributed by atoms with Crippen LogP contribution in [0.4, 0.5) is 0 Å². The van der Waals surface area contributed by atoms with Crippen LogP contribution in [-0.2, 0) is 4.79 Å². The molecular formula is C24H24O5S. The van der Waals surface area contributed by atoms with Gasteiger partial charge in [-0.1, -0.05) is 12.1 Å². The molecule has 1 aromatic heterocycles. The summed E-state index contributed by atoms with van der Waals surface area (Å²) in [6.07, 6.45) is 5.18. The maximum absolute atomic E-state index is 12.6. The molecule has 0 saturated carbocycles. The maximum Gasteiger partial charge on any atom is 0.347 e. The third-order valence-corrected chi connectivity index (χ3v) is 5.56. The molecule has 0 fully saturated rings. The fourth-order valence-electron chi connectivity index (χ4n) is 3.13. The number of ether oxygens (including phenoxy) is 1. The Balaban J connectivity index is 1.84. The van der Waals surface area contributed by atoms with Crippen molar-refractivity contribution in [3.8, 4) is 5.75 Å². The van der Waals surface area contributed by atoms with E-state index in [9.17, 15) is 14.7 Å². The molecule has 0 amide bonds. The molecule has 2 aromatic carbocycles. The van der Waals surface area contributed by atoms with Crippen LogP contribution in [0, 0.1) is 13.8 Å². The number of thioether (sulfide) groups is 1. The number of furan rings is 1. The molecule has 0 spiro atoms. The van der Waals surface area contributed by atoms with Crippen LogP contribution in [0.2, 0.25) is 0 Å². The summed E-state index contributed by atoms with van der Waals surface area (Å²) in [7, 11) is 0. The minimum absolute atomic E-state index is 0.221. The first-order chi connectivity index (χ1) is 14.1. The molecule has 0 unspecified atom stereocenters. The van der Waals surface area contributed by atoms with Gasteiger partial charge < -0.3 is 14.3 Å². The highest BCUT2D eigenvalue weighted by Crippen LogP contribution is 2.31. The molecule has 156 valence electrons. The Kier molecular flexibility index (Phi) is 6.08. The number of hydrogen-bond donors (Lipinski definition) is 1. The molecular weight excluding hydrogens is 400 g/mol. The van der Waals surface area contributed by atoms with E-state index in [1.54, 1.807) is 23.9 Å². The van der Waals surface area contributed by atoms with E-state index < -0.39 is 11.6 Å². The Hall–Kier alpha value is -2.99. The summed E-state index contributed by atoms with van der Waals surface area (Å²) >= 11 is 1.61. The highest BCUT2D eigenvalue weighted by Gasteiger charge is 2.30. The maximum atomic E-state index is 12.6. The van der Waals surface area contributed by atoms with Gasteiger partial charge in [-0.3, -0.25) is 4.79 Å². The van der Waals surface area contributed by atoms with Crippen LogP contribution in [0.3, 0.4) is 0 Å². The molecule has 0 atom stereocenters. The normalized spacial score (nSPS) is 11.9. The largest absolute Gasteiger partial charge is 0.478 e. The van der Waals surface area contributed by atoms with E-state index in [4.69, 9.17) is 9.15 Å². The zero-order valence-corrected chi connectivity index (χ0v) is 18.4. The lowest BCUT2D eigenvalue weighted by molar-refractivity contribution is -0.152. The topological polar surface area (TPSA) is 76.7 Å². The number of rotatable bonds is 7. The van der Waals surface area contributed by atoms with E-state index in [0.29, 0.717) is 17.1 Å². The molecule has 3 rings (SSSR count). The number of aryl methyl sites for hydroxylation is 2. The van der Waals surface area contributed by atoms with Crippen molar-refractivity contribution in [2.45, 2.75) is 38.2 Å². The first kappa shape index (κ1) is 21.7. The number of benzene rings is 2. The molecule has 3 aromatic rings. The third kappa shape index (κ3) is 4.44. The van der Waals surface area contributed by atoms with Gasteiger partial charge in [0.1, 0.15) is 11.3 Å². The van der Waals surface area contributed by atoms with Crippen molar-refractivity contribution in [3.05, 3.63) is 64.9 Å². The van der Waals surface area contributed by atoms with Gasteiger partial charge >= 0.3 is 5.97 Å². The average molecular weight is 425 g/mol. The van der Waals surface area contributed by atoms with E-state index in [1.165, 1.54) is 19.9 Å². The lowest BCUT2D eigenvalue weighted by Crippen LogP contribution is -2.38. The number of carboxylic acid groups (broad SMARTS) is 1. The number of carbonyl (C=O) groups excluding carboxylic acids is 1. The van der Waals surface area contributed by atoms with Crippen LogP contribution in [-0.4, -0.2) is 28.7 Å². The predicted octanol–water partition coefficient (Wildman–Crippen LogP) is 5.91. The smallest absolute Gasteiger partial charge is 0.347 e. The van der Waals surface area contributed by atoms with E-state index >= 15 is 0 Å². The number of allylic oxidation sites excluding steroid dienone is 1. The Morgan fingerprint density at radius 1 is 1.13 bits per heavy atom. The van der Waals surface area contributed by atoms with Gasteiger partial charge in [-0.05, 0) is 87.0 Å². The lowest BCUT2D eigenvalue weighted by atomic mass is 10.0. The second-order valence-electron chi connectivity index (χ2n) is 7.58. The molecule has 0 aliphatic rings. The molecule has 0 aliphatic heterocycles. The van der Waals surface area contributed by atoms with Gasteiger partial charge in [-0.25, -0.2) is 4.79 Å². The van der Waals surface area contributed by atoms with Gasteiger partial charge in [0.05, 0.1) is 0 Å². The van der Waals surface area contributed by atoms with E-state index in [2.05, 4.69) is 0 Å². The number of aliphatic carboxylic acids is 1. The summed E-state index contributed by atoms with van der Waals surface area (Å²) in [6, 6.07) is 11.2. The summed E-state index contributed by atoms with van der Waals surface area (Å²) in [4.78, 5) is 25.0. The summed E-state index contributed by atoms with van der Waals surface area (Å²) < 4.78 is 11.4. The minimum Gasteiger partial charge on any atom is -0.478 e. The SMILES string of the molecule is CSc1cccc2oc(C(=O)/C=C/c3cc(C)c(OC(C)(C)C(=O)O)c(C)c3)cc12. The van der Waals surface area contributed by atoms with Gasteiger partial charge in [0, 0.05) is 10.3 Å². The second-order valence-corrected chi connectivity index (χ2v) is 8.43. The Morgan fingerprint density at radius 2 is 1.80 bits per heavy atom. The molecule has 30 heavy (non-hydrogen) atoms. The third-order valence-electron chi connectivity index (χ3n) is 4.77. The van der Waals surface area contributed by atoms with Gasteiger partial charge in [0.25, 0.3) is 0 Å². The van der Waals surface area contributed by atoms with Crippen molar-refractivity contribution in [2.75, 3.05) is 6.26 Å². The molecule has 0 aliphatic carbocycles. The summed E-state index contributed by atoms with van der Waals surface area (Å²) in [5, 5.41) is 10.2. The summed E-state index contributed by atoms with van der Waals surface area (Å²) in [5.74, 6) is -0.431. The lowest BCUT2D eigenvalue weighted by Gasteiger charge is -2.24. The highest BCUT2D eigenvalue weighted by atomic mass is 32.2. The number of carbonyl (C=O) groups is 2. The van der Waals surface area contributed by atoms with Gasteiger partial charge in [-0.15, -0.1) is 11.8 Å². The Labute approximate surface area is 179 Å². The number of ketones is 1. The van der Waals surface area contributed by atoms with Gasteiger partial charge in [0.15, 0.2) is 11.4 Å². The van der Waals surface area contributed by atoms with Crippen molar-refractivity contribution < 1.29 is 23.8 Å². The monoisotopic (exact) mass is 424 g/mol. The zero-order valence-electron chi connectivity index (χ0n) is 17.6. The van der Waals surface area contributed by atoms with Crippen LogP contribution in [0.15, 0.2) is 51.8 Å². The van der Waals surface area contributed by atoms with E-state index in [0.717, 1.165) is 27.0 Å². The highest BCUT2D eigenvalue weighted by molar-refractivity contribution is 7.98. The first-order valence-electron chi connectivity index (χ1n) is 9.45. The van der Waals surface area contributed by atoms with Crippen LogP contribution >= 0.6 is 11.8 Å². The zero-order chi connectivity index (χ0) is 22.1. The summed E-state index contributed by atoms with van der Waals surface area (Å²) in [5.41, 5.74) is 1.77. The van der Waals surface area contributed by atoms with E-state index in [1.807, 2.05) is 50.4 Å². The van der Waals surface area contributed by atoms with Gasteiger partial charge in [0.2, 0.25) is 5.78 Å². The van der Waals surface area contributed by atoms with Crippen LogP contribution in [0.5, 0.6) is 5.75 Å². The van der Waals surface area contributed by atoms with Crippen molar-refractivity contribution in [1.82, 2.24) is 0 Å². The molecule has 1 heterocycles. The van der Waals surface area contributed by atoms with Crippen molar-refractivity contribution in [3.63, 3.8) is 0 Å². The van der Waals surface area contributed by atoms with Gasteiger partial charge in [-0.2, -0.15) is 0 Å². The Bertz CT molecular complexity index is 1130. The molecule has 0 saturated heterocycles. The van der Waals surface area contributed by atoms with Crippen LogP contribution < -0.4 is 4.74 Å². The van der Waals surface area contributed by atoms with Crippen LogP contribution in [0.25, 0.3) is 17.0 Å². The fourth-order valence-corrected chi connectivity index (χ4v) is 3.72. The summed E-state index contributed by atoms with van der Waals surface area (Å²) in [6.45, 7) is 6.72. The standard InChI is InChI=1S/C24H24O5S/c1-14-11-16(12-15(2)22(14)29-24(3,4)23(26)27)9-10-18(25)20-13-17-19(28-20)7-6-8-21(17)30-5/h6-13H,1-5H3,(H,26,27)/b10-9+. The molecule has 5 nitrogen and oxygen atoms in total. The fraction of sp³-hybridized carbons (Fsp3) is 0.250. The molecule has 0 bridgehead atoms. The van der Waals surface area contributed by atoms with Crippen molar-refractivity contribution in [2.24, 2.45) is 0 Å². The van der Waals surface area contributed by atoms with E-state index in [-0.39, 0.29) is 5.78 Å². The second kappa shape index (κ2) is 8.40. The van der Waals surface area contributed by atoms with Crippen LogP contribution in [0.1, 0.15) is 41.1 Å².